The summed E-state index contributed by atoms with van der Waals surface area (Å²) in [6.07, 6.45) is -3.50. The Labute approximate surface area is 169 Å². The van der Waals surface area contributed by atoms with Crippen molar-refractivity contribution < 1.29 is 27.4 Å². The van der Waals surface area contributed by atoms with Crippen LogP contribution < -0.4 is 9.47 Å². The van der Waals surface area contributed by atoms with Crippen LogP contribution in [0.4, 0.5) is 13.2 Å². The normalized spacial score (nSPS) is 11.2. The van der Waals surface area contributed by atoms with Crippen LogP contribution in [0.1, 0.15) is 27.2 Å². The van der Waals surface area contributed by atoms with Crippen molar-refractivity contribution in [3.05, 3.63) is 88.2 Å². The van der Waals surface area contributed by atoms with Gasteiger partial charge in [0.05, 0.1) is 29.0 Å². The summed E-state index contributed by atoms with van der Waals surface area (Å²) in [6, 6.07) is 13.9. The standard InChI is InChI=1S/C21H15ClF3NO3/c1-28-16-8-4-14(5-9-16)20(27)29-17-6-2-13(3-7-17)10-19-18(22)11-15(12-26-19)21(23,24)25/h2-9,11-12H,10H2,1H3. The molecule has 0 aliphatic carbocycles. The molecule has 0 bridgehead atoms. The van der Waals surface area contributed by atoms with Gasteiger partial charge in [-0.1, -0.05) is 23.7 Å². The van der Waals surface area contributed by atoms with E-state index in [-0.39, 0.29) is 11.4 Å². The number of nitrogens with zero attached hydrogens (tertiary/aromatic N) is 1. The number of hydrogen-bond acceptors (Lipinski definition) is 4. The third-order valence-electron chi connectivity index (χ3n) is 4.08. The van der Waals surface area contributed by atoms with E-state index in [0.29, 0.717) is 22.8 Å². The Hall–Kier alpha value is -3.06. The first-order chi connectivity index (χ1) is 13.8. The minimum atomic E-state index is -4.50. The van der Waals surface area contributed by atoms with Gasteiger partial charge in [0, 0.05) is 12.6 Å². The molecule has 8 heteroatoms. The second-order valence-electron chi connectivity index (χ2n) is 6.09. The highest BCUT2D eigenvalue weighted by atomic mass is 35.5. The molecule has 29 heavy (non-hydrogen) atoms. The summed E-state index contributed by atoms with van der Waals surface area (Å²) in [7, 11) is 1.53. The van der Waals surface area contributed by atoms with Gasteiger partial charge >= 0.3 is 12.1 Å². The first-order valence-electron chi connectivity index (χ1n) is 8.43. The van der Waals surface area contributed by atoms with Crippen molar-refractivity contribution in [1.29, 1.82) is 0 Å². The minimum Gasteiger partial charge on any atom is -0.497 e. The molecule has 0 aliphatic heterocycles. The molecule has 150 valence electrons. The molecule has 0 N–H and O–H groups in total. The number of pyridine rings is 1. The van der Waals surface area contributed by atoms with Crippen molar-refractivity contribution in [2.45, 2.75) is 12.6 Å². The van der Waals surface area contributed by atoms with Gasteiger partial charge in [-0.2, -0.15) is 13.2 Å². The second kappa shape index (κ2) is 8.53. The molecule has 2 aromatic carbocycles. The van der Waals surface area contributed by atoms with Crippen molar-refractivity contribution >= 4 is 17.6 Å². The van der Waals surface area contributed by atoms with Gasteiger partial charge in [-0.15, -0.1) is 0 Å². The Morgan fingerprint density at radius 2 is 1.66 bits per heavy atom. The summed E-state index contributed by atoms with van der Waals surface area (Å²) >= 11 is 5.93. The quantitative estimate of drug-likeness (QED) is 0.399. The van der Waals surface area contributed by atoms with Gasteiger partial charge in [-0.25, -0.2) is 4.79 Å². The number of aromatic nitrogens is 1. The van der Waals surface area contributed by atoms with Gasteiger partial charge in [-0.3, -0.25) is 4.98 Å². The third kappa shape index (κ3) is 5.26. The number of alkyl halides is 3. The van der Waals surface area contributed by atoms with E-state index < -0.39 is 17.7 Å². The van der Waals surface area contributed by atoms with Crippen LogP contribution in [0.2, 0.25) is 5.02 Å². The molecule has 3 aromatic rings. The van der Waals surface area contributed by atoms with Crippen molar-refractivity contribution in [2.75, 3.05) is 7.11 Å². The highest BCUT2D eigenvalue weighted by molar-refractivity contribution is 6.31. The lowest BCUT2D eigenvalue weighted by Gasteiger charge is -2.10. The maximum Gasteiger partial charge on any atom is 0.417 e. The average molecular weight is 422 g/mol. The average Bonchev–Trinajstić information content (AvgIpc) is 2.70. The van der Waals surface area contributed by atoms with Crippen LogP contribution in [-0.4, -0.2) is 18.1 Å². The van der Waals surface area contributed by atoms with E-state index >= 15 is 0 Å². The number of rotatable bonds is 5. The lowest BCUT2D eigenvalue weighted by Crippen LogP contribution is -2.08. The highest BCUT2D eigenvalue weighted by Gasteiger charge is 2.31. The highest BCUT2D eigenvalue weighted by Crippen LogP contribution is 2.31. The molecule has 0 radical (unpaired) electrons. The predicted molar refractivity (Wildman–Crippen MR) is 101 cm³/mol. The predicted octanol–water partition coefficient (Wildman–Crippen LogP) is 5.57. The Morgan fingerprint density at radius 3 is 2.21 bits per heavy atom. The molecule has 0 unspecified atom stereocenters. The molecule has 0 amide bonds. The molecular formula is C21H15ClF3NO3. The molecule has 1 heterocycles. The Morgan fingerprint density at radius 1 is 1.03 bits per heavy atom. The smallest absolute Gasteiger partial charge is 0.417 e. The van der Waals surface area contributed by atoms with Crippen LogP contribution in [0.3, 0.4) is 0 Å². The van der Waals surface area contributed by atoms with Crippen LogP contribution in [-0.2, 0) is 12.6 Å². The second-order valence-corrected chi connectivity index (χ2v) is 6.50. The molecule has 0 spiro atoms. The Balaban J connectivity index is 1.66. The monoisotopic (exact) mass is 421 g/mol. The van der Waals surface area contributed by atoms with Crippen LogP contribution in [0.25, 0.3) is 0 Å². The van der Waals surface area contributed by atoms with E-state index in [4.69, 9.17) is 21.1 Å². The van der Waals surface area contributed by atoms with Gasteiger partial charge in [0.2, 0.25) is 0 Å². The first-order valence-corrected chi connectivity index (χ1v) is 8.81. The Bertz CT molecular complexity index is 1000. The maximum atomic E-state index is 12.7. The minimum absolute atomic E-state index is 0.0603. The van der Waals surface area contributed by atoms with Gasteiger partial charge < -0.3 is 9.47 Å². The fraction of sp³-hybridized carbons (Fsp3) is 0.143. The van der Waals surface area contributed by atoms with Gasteiger partial charge in [0.15, 0.2) is 0 Å². The molecule has 4 nitrogen and oxygen atoms in total. The fourth-order valence-corrected chi connectivity index (χ4v) is 2.75. The molecule has 0 atom stereocenters. The van der Waals surface area contributed by atoms with Crippen molar-refractivity contribution in [3.63, 3.8) is 0 Å². The van der Waals surface area contributed by atoms with E-state index in [1.54, 1.807) is 48.5 Å². The summed E-state index contributed by atoms with van der Waals surface area (Å²) in [6.45, 7) is 0. The number of carbonyl (C=O) groups is 1. The number of esters is 1. The number of hydrogen-bond donors (Lipinski definition) is 0. The topological polar surface area (TPSA) is 48.4 Å². The van der Waals surface area contributed by atoms with Gasteiger partial charge in [-0.05, 0) is 48.0 Å². The maximum absolute atomic E-state index is 12.7. The van der Waals surface area contributed by atoms with Crippen LogP contribution in [0.15, 0.2) is 60.8 Å². The van der Waals surface area contributed by atoms with Crippen LogP contribution in [0.5, 0.6) is 11.5 Å². The number of halogens is 4. The van der Waals surface area contributed by atoms with E-state index in [9.17, 15) is 18.0 Å². The summed E-state index contributed by atoms with van der Waals surface area (Å²) < 4.78 is 48.4. The van der Waals surface area contributed by atoms with E-state index in [1.807, 2.05) is 0 Å². The summed E-state index contributed by atoms with van der Waals surface area (Å²) in [5.74, 6) is 0.440. The number of carbonyl (C=O) groups excluding carboxylic acids is 1. The molecule has 0 saturated heterocycles. The van der Waals surface area contributed by atoms with E-state index in [1.165, 1.54) is 7.11 Å². The molecular weight excluding hydrogens is 407 g/mol. The zero-order valence-electron chi connectivity index (χ0n) is 15.2. The molecule has 0 saturated carbocycles. The van der Waals surface area contributed by atoms with Gasteiger partial charge in [0.1, 0.15) is 11.5 Å². The van der Waals surface area contributed by atoms with Crippen molar-refractivity contribution in [2.24, 2.45) is 0 Å². The van der Waals surface area contributed by atoms with Crippen LogP contribution in [0, 0.1) is 0 Å². The van der Waals surface area contributed by atoms with Gasteiger partial charge in [0.25, 0.3) is 0 Å². The largest absolute Gasteiger partial charge is 0.497 e. The van der Waals surface area contributed by atoms with Crippen LogP contribution >= 0.6 is 11.6 Å². The van der Waals surface area contributed by atoms with E-state index in [0.717, 1.165) is 17.8 Å². The third-order valence-corrected chi connectivity index (χ3v) is 4.40. The first kappa shape index (κ1) is 20.7. The molecule has 0 fully saturated rings. The molecule has 3 rings (SSSR count). The summed E-state index contributed by atoms with van der Waals surface area (Å²) in [4.78, 5) is 16.0. The number of benzene rings is 2. The lowest BCUT2D eigenvalue weighted by molar-refractivity contribution is -0.137. The summed E-state index contributed by atoms with van der Waals surface area (Å²) in [5, 5.41) is -0.0603. The number of methoxy groups -OCH3 is 1. The summed E-state index contributed by atoms with van der Waals surface area (Å²) in [5.41, 5.74) is 0.550. The Kier molecular flexibility index (Phi) is 6.08. The SMILES string of the molecule is COc1ccc(C(=O)Oc2ccc(Cc3ncc(C(F)(F)F)cc3Cl)cc2)cc1. The fourth-order valence-electron chi connectivity index (χ4n) is 2.51. The van der Waals surface area contributed by atoms with Crippen molar-refractivity contribution in [1.82, 2.24) is 4.98 Å². The lowest BCUT2D eigenvalue weighted by atomic mass is 10.1. The molecule has 0 aliphatic rings. The molecule has 1 aromatic heterocycles. The zero-order chi connectivity index (χ0) is 21.0. The zero-order valence-corrected chi connectivity index (χ0v) is 15.9. The van der Waals surface area contributed by atoms with E-state index in [2.05, 4.69) is 4.98 Å². The van der Waals surface area contributed by atoms with Crippen molar-refractivity contribution in [3.8, 4) is 11.5 Å². The number of ether oxygens (including phenoxy) is 2.